The average molecular weight is 467 g/mol. The number of fused-ring (bicyclic) bond motifs is 7. The summed E-state index contributed by atoms with van der Waals surface area (Å²) in [4.78, 5) is 0. The smallest absolute Gasteiger partial charge is 0.0542 e. The van der Waals surface area contributed by atoms with Crippen molar-refractivity contribution >= 4 is 73.8 Å². The van der Waals surface area contributed by atoms with Gasteiger partial charge < -0.3 is 0 Å². The topological polar surface area (TPSA) is 0 Å². The van der Waals surface area contributed by atoms with Crippen molar-refractivity contribution in [2.24, 2.45) is 5.92 Å². The summed E-state index contributed by atoms with van der Waals surface area (Å²) >= 11 is 3.92. The molecular formula is C31H30S2. The fourth-order valence-corrected chi connectivity index (χ4v) is 8.00. The van der Waals surface area contributed by atoms with Gasteiger partial charge in [0.15, 0.2) is 0 Å². The summed E-state index contributed by atoms with van der Waals surface area (Å²) in [5.74, 6) is 0.872. The summed E-state index contributed by atoms with van der Waals surface area (Å²) in [6.45, 7) is 4.66. The van der Waals surface area contributed by atoms with Crippen molar-refractivity contribution < 1.29 is 0 Å². The monoisotopic (exact) mass is 466 g/mol. The van der Waals surface area contributed by atoms with Gasteiger partial charge in [-0.05, 0) is 70.1 Å². The summed E-state index contributed by atoms with van der Waals surface area (Å²) in [6, 6.07) is 25.5. The Balaban J connectivity index is 1.39. The molecule has 0 bridgehead atoms. The van der Waals surface area contributed by atoms with Crippen LogP contribution in [0.25, 0.3) is 51.1 Å². The van der Waals surface area contributed by atoms with Crippen molar-refractivity contribution in [1.29, 1.82) is 0 Å². The van der Waals surface area contributed by atoms with E-state index < -0.39 is 0 Å². The molecule has 1 atom stereocenters. The third-order valence-electron chi connectivity index (χ3n) is 7.36. The molecule has 2 heterocycles. The number of rotatable bonds is 7. The molecule has 0 aliphatic heterocycles. The minimum absolute atomic E-state index is 0.872. The van der Waals surface area contributed by atoms with Crippen LogP contribution in [0.3, 0.4) is 0 Å². The first-order chi connectivity index (χ1) is 16.2. The normalized spacial score (nSPS) is 13.2. The molecule has 6 rings (SSSR count). The van der Waals surface area contributed by atoms with Gasteiger partial charge in [-0.25, -0.2) is 0 Å². The van der Waals surface area contributed by atoms with Gasteiger partial charge in [0.1, 0.15) is 0 Å². The standard InChI is InChI=1S/C31H30S2/c1-3-5-8-20(4-2)11-12-21-13-14-24-17-27-29(19-25(24)15-21)33-30-26-16-22-9-6-7-10-23(22)18-28(26)32-31(27)30/h6-7,9-10,13-20H,3-5,8,11-12H2,1-2H3. The van der Waals surface area contributed by atoms with Gasteiger partial charge in [-0.2, -0.15) is 0 Å². The summed E-state index contributed by atoms with van der Waals surface area (Å²) in [7, 11) is 0. The fourth-order valence-electron chi connectivity index (χ4n) is 5.31. The molecule has 2 aromatic heterocycles. The largest absolute Gasteiger partial charge is 0.134 e. The predicted molar refractivity (Wildman–Crippen MR) is 151 cm³/mol. The number of hydrogen-bond acceptors (Lipinski definition) is 2. The Hall–Kier alpha value is -2.42. The fraction of sp³-hybridized carbons (Fsp3) is 0.290. The van der Waals surface area contributed by atoms with Crippen molar-refractivity contribution in [3.05, 3.63) is 72.3 Å². The second kappa shape index (κ2) is 8.74. The number of hydrogen-bond donors (Lipinski definition) is 0. The lowest BCUT2D eigenvalue weighted by molar-refractivity contribution is 0.422. The summed E-state index contributed by atoms with van der Waals surface area (Å²) in [5.41, 5.74) is 1.49. The van der Waals surface area contributed by atoms with E-state index in [1.165, 1.54) is 95.2 Å². The summed E-state index contributed by atoms with van der Waals surface area (Å²) < 4.78 is 5.73. The maximum absolute atomic E-state index is 2.45. The molecule has 2 heteroatoms. The van der Waals surface area contributed by atoms with E-state index in [0.29, 0.717) is 0 Å². The maximum atomic E-state index is 2.45. The highest BCUT2D eigenvalue weighted by Crippen LogP contribution is 2.46. The van der Waals surface area contributed by atoms with Crippen LogP contribution in [0.4, 0.5) is 0 Å². The molecule has 4 aromatic carbocycles. The van der Waals surface area contributed by atoms with E-state index in [-0.39, 0.29) is 0 Å². The highest BCUT2D eigenvalue weighted by molar-refractivity contribution is 7.36. The molecule has 6 aromatic rings. The van der Waals surface area contributed by atoms with Gasteiger partial charge in [0.25, 0.3) is 0 Å². The van der Waals surface area contributed by atoms with Crippen LogP contribution >= 0.6 is 22.7 Å². The Morgan fingerprint density at radius 2 is 1.30 bits per heavy atom. The third kappa shape index (κ3) is 3.84. The molecule has 0 N–H and O–H groups in total. The van der Waals surface area contributed by atoms with Crippen molar-refractivity contribution in [2.75, 3.05) is 0 Å². The van der Waals surface area contributed by atoms with Crippen LogP contribution < -0.4 is 0 Å². The second-order valence-electron chi connectivity index (χ2n) is 9.54. The van der Waals surface area contributed by atoms with Gasteiger partial charge >= 0.3 is 0 Å². The van der Waals surface area contributed by atoms with Crippen LogP contribution in [0, 0.1) is 5.92 Å². The van der Waals surface area contributed by atoms with Crippen molar-refractivity contribution in [3.63, 3.8) is 0 Å². The van der Waals surface area contributed by atoms with Crippen molar-refractivity contribution in [3.8, 4) is 0 Å². The van der Waals surface area contributed by atoms with E-state index in [0.717, 1.165) is 5.92 Å². The lowest BCUT2D eigenvalue weighted by Gasteiger charge is -2.14. The van der Waals surface area contributed by atoms with Gasteiger partial charge in [0.05, 0.1) is 9.40 Å². The van der Waals surface area contributed by atoms with E-state index in [2.05, 4.69) is 80.6 Å². The molecule has 0 fully saturated rings. The van der Waals surface area contributed by atoms with E-state index in [9.17, 15) is 0 Å². The van der Waals surface area contributed by atoms with Crippen LogP contribution in [-0.4, -0.2) is 0 Å². The molecular weight excluding hydrogens is 436 g/mol. The van der Waals surface area contributed by atoms with Gasteiger partial charge in [0, 0.05) is 20.2 Å². The molecule has 0 radical (unpaired) electrons. The minimum atomic E-state index is 0.872. The number of unbranched alkanes of at least 4 members (excludes halogenated alkanes) is 1. The van der Waals surface area contributed by atoms with Crippen LogP contribution in [0.2, 0.25) is 0 Å². The molecule has 33 heavy (non-hydrogen) atoms. The summed E-state index contributed by atoms with van der Waals surface area (Å²) in [5, 5.41) is 8.27. The molecule has 0 aliphatic carbocycles. The minimum Gasteiger partial charge on any atom is -0.134 e. The Morgan fingerprint density at radius 1 is 0.667 bits per heavy atom. The first-order valence-corrected chi connectivity index (χ1v) is 14.1. The molecule has 0 nitrogen and oxygen atoms in total. The Bertz CT molecular complexity index is 1600. The second-order valence-corrected chi connectivity index (χ2v) is 11.6. The van der Waals surface area contributed by atoms with Crippen LogP contribution in [-0.2, 0) is 6.42 Å². The van der Waals surface area contributed by atoms with Crippen LogP contribution in [0.1, 0.15) is 51.5 Å². The molecule has 0 amide bonds. The van der Waals surface area contributed by atoms with Crippen LogP contribution in [0.5, 0.6) is 0 Å². The number of benzene rings is 4. The van der Waals surface area contributed by atoms with E-state index in [4.69, 9.17) is 0 Å². The Morgan fingerprint density at radius 3 is 1.97 bits per heavy atom. The summed E-state index contributed by atoms with van der Waals surface area (Å²) in [6.07, 6.45) is 7.90. The average Bonchev–Trinajstić information content (AvgIpc) is 3.36. The Kier molecular flexibility index (Phi) is 5.60. The van der Waals surface area contributed by atoms with Crippen LogP contribution in [0.15, 0.2) is 66.7 Å². The quantitative estimate of drug-likeness (QED) is 0.219. The van der Waals surface area contributed by atoms with Gasteiger partial charge in [-0.3, -0.25) is 0 Å². The molecule has 0 saturated heterocycles. The highest BCUT2D eigenvalue weighted by atomic mass is 32.1. The Labute approximate surface area is 203 Å². The first kappa shape index (κ1) is 21.1. The third-order valence-corrected chi connectivity index (χ3v) is 9.86. The van der Waals surface area contributed by atoms with Gasteiger partial charge in [-0.15, -0.1) is 22.7 Å². The number of thiophene rings is 2. The SMILES string of the molecule is CCCCC(CC)CCc1ccc2cc3c(cc2c1)sc1c2cc4ccccc4cc2sc31. The zero-order chi connectivity index (χ0) is 22.4. The zero-order valence-electron chi connectivity index (χ0n) is 19.5. The van der Waals surface area contributed by atoms with E-state index >= 15 is 0 Å². The number of aryl methyl sites for hydroxylation is 1. The van der Waals surface area contributed by atoms with Crippen molar-refractivity contribution in [1.82, 2.24) is 0 Å². The first-order valence-electron chi connectivity index (χ1n) is 12.4. The van der Waals surface area contributed by atoms with Gasteiger partial charge in [-0.1, -0.05) is 82.0 Å². The molecule has 1 unspecified atom stereocenters. The lowest BCUT2D eigenvalue weighted by atomic mass is 9.92. The molecule has 0 saturated carbocycles. The van der Waals surface area contributed by atoms with Crippen molar-refractivity contribution in [2.45, 2.75) is 52.4 Å². The molecule has 166 valence electrons. The molecule has 0 aliphatic rings. The highest BCUT2D eigenvalue weighted by Gasteiger charge is 2.14. The lowest BCUT2D eigenvalue weighted by Crippen LogP contribution is -2.01. The maximum Gasteiger partial charge on any atom is 0.0542 e. The van der Waals surface area contributed by atoms with Gasteiger partial charge in [0.2, 0.25) is 0 Å². The van der Waals surface area contributed by atoms with E-state index in [1.807, 2.05) is 22.7 Å². The van der Waals surface area contributed by atoms with E-state index in [1.54, 1.807) is 0 Å². The predicted octanol–water partition coefficient (Wildman–Crippen LogP) is 10.7. The zero-order valence-corrected chi connectivity index (χ0v) is 21.1. The molecule has 0 spiro atoms.